The summed E-state index contributed by atoms with van der Waals surface area (Å²) >= 11 is 0. The van der Waals surface area contributed by atoms with Gasteiger partial charge in [-0.3, -0.25) is 4.79 Å². The Kier molecular flexibility index (Phi) is 5.51. The average Bonchev–Trinajstić information content (AvgIpc) is 3.03. The van der Waals surface area contributed by atoms with Gasteiger partial charge in [-0.15, -0.1) is 0 Å². The van der Waals surface area contributed by atoms with E-state index in [2.05, 4.69) is 34.3 Å². The number of nitrogens with one attached hydrogen (secondary N) is 1. The zero-order chi connectivity index (χ0) is 16.6. The van der Waals surface area contributed by atoms with E-state index in [4.69, 9.17) is 4.74 Å². The Morgan fingerprint density at radius 2 is 1.79 bits per heavy atom. The van der Waals surface area contributed by atoms with Crippen molar-refractivity contribution in [3.05, 3.63) is 66.9 Å². The van der Waals surface area contributed by atoms with E-state index in [0.29, 0.717) is 26.0 Å². The molecule has 1 amide bonds. The van der Waals surface area contributed by atoms with E-state index in [-0.39, 0.29) is 5.91 Å². The van der Waals surface area contributed by atoms with E-state index in [9.17, 15) is 4.79 Å². The first kappa shape index (κ1) is 16.1. The van der Waals surface area contributed by atoms with Crippen LogP contribution in [0, 0.1) is 0 Å². The molecule has 0 aliphatic heterocycles. The van der Waals surface area contributed by atoms with Crippen LogP contribution in [0.1, 0.15) is 12.8 Å². The number of fused-ring (bicyclic) bond motifs is 1. The summed E-state index contributed by atoms with van der Waals surface area (Å²) in [5, 5.41) is 4.19. The molecule has 0 unspecified atom stereocenters. The van der Waals surface area contributed by atoms with Crippen LogP contribution in [0.3, 0.4) is 0 Å². The normalized spacial score (nSPS) is 10.7. The highest BCUT2D eigenvalue weighted by molar-refractivity contribution is 5.80. The quantitative estimate of drug-likeness (QED) is 0.644. The molecule has 24 heavy (non-hydrogen) atoms. The highest BCUT2D eigenvalue weighted by Gasteiger charge is 2.03. The topological polar surface area (TPSA) is 43.3 Å². The Bertz CT molecular complexity index is 780. The first-order chi connectivity index (χ1) is 11.8. The van der Waals surface area contributed by atoms with Crippen molar-refractivity contribution in [1.29, 1.82) is 0 Å². The molecule has 2 aromatic carbocycles. The maximum absolute atomic E-state index is 11.9. The molecule has 1 aromatic heterocycles. The van der Waals surface area contributed by atoms with E-state index in [1.165, 1.54) is 10.9 Å². The van der Waals surface area contributed by atoms with Gasteiger partial charge in [0.25, 0.3) is 0 Å². The summed E-state index contributed by atoms with van der Waals surface area (Å²) in [7, 11) is 0. The predicted octanol–water partition coefficient (Wildman–Crippen LogP) is 3.62. The van der Waals surface area contributed by atoms with Gasteiger partial charge in [0.1, 0.15) is 5.75 Å². The van der Waals surface area contributed by atoms with Crippen molar-refractivity contribution in [2.24, 2.45) is 0 Å². The second-order valence-corrected chi connectivity index (χ2v) is 5.68. The standard InChI is InChI=1S/C20H22N2O2/c23-20(11-6-16-24-18-8-2-1-3-9-18)21-13-15-22-14-12-17-7-4-5-10-19(17)22/h1-5,7-10,12,14H,6,11,13,15-16H2,(H,21,23). The van der Waals surface area contributed by atoms with Gasteiger partial charge in [-0.2, -0.15) is 0 Å². The van der Waals surface area contributed by atoms with Crippen LogP contribution >= 0.6 is 0 Å². The van der Waals surface area contributed by atoms with Crippen molar-refractivity contribution in [3.8, 4) is 5.75 Å². The van der Waals surface area contributed by atoms with E-state index >= 15 is 0 Å². The molecule has 0 bridgehead atoms. The van der Waals surface area contributed by atoms with Crippen molar-refractivity contribution in [2.75, 3.05) is 13.2 Å². The number of para-hydroxylation sites is 2. The van der Waals surface area contributed by atoms with Gasteiger partial charge in [0.15, 0.2) is 0 Å². The molecule has 0 atom stereocenters. The van der Waals surface area contributed by atoms with Gasteiger partial charge in [0.05, 0.1) is 6.61 Å². The number of nitrogens with zero attached hydrogens (tertiary/aromatic N) is 1. The van der Waals surface area contributed by atoms with Crippen molar-refractivity contribution in [1.82, 2.24) is 9.88 Å². The second-order valence-electron chi connectivity index (χ2n) is 5.68. The molecule has 0 aliphatic rings. The third kappa shape index (κ3) is 4.38. The van der Waals surface area contributed by atoms with E-state index in [1.54, 1.807) is 0 Å². The Morgan fingerprint density at radius 3 is 2.67 bits per heavy atom. The van der Waals surface area contributed by atoms with Gasteiger partial charge in [-0.1, -0.05) is 36.4 Å². The zero-order valence-electron chi connectivity index (χ0n) is 13.7. The molecule has 4 heteroatoms. The lowest BCUT2D eigenvalue weighted by Gasteiger charge is -2.08. The van der Waals surface area contributed by atoms with Crippen LogP contribution in [0.15, 0.2) is 66.9 Å². The van der Waals surface area contributed by atoms with E-state index in [0.717, 1.165) is 12.3 Å². The SMILES string of the molecule is O=C(CCCOc1ccccc1)NCCn1ccc2ccccc21. The van der Waals surface area contributed by atoms with Crippen LogP contribution in [0.25, 0.3) is 10.9 Å². The van der Waals surface area contributed by atoms with Gasteiger partial charge in [-0.05, 0) is 36.1 Å². The Morgan fingerprint density at radius 1 is 1.00 bits per heavy atom. The van der Waals surface area contributed by atoms with Crippen LogP contribution in [0.2, 0.25) is 0 Å². The minimum atomic E-state index is 0.0723. The van der Waals surface area contributed by atoms with Crippen LogP contribution in [0.4, 0.5) is 0 Å². The van der Waals surface area contributed by atoms with Crippen molar-refractivity contribution in [3.63, 3.8) is 0 Å². The fourth-order valence-corrected chi connectivity index (χ4v) is 2.68. The van der Waals surface area contributed by atoms with Crippen molar-refractivity contribution in [2.45, 2.75) is 19.4 Å². The fourth-order valence-electron chi connectivity index (χ4n) is 2.68. The lowest BCUT2D eigenvalue weighted by molar-refractivity contribution is -0.121. The lowest BCUT2D eigenvalue weighted by atomic mass is 10.2. The molecule has 1 N–H and O–H groups in total. The predicted molar refractivity (Wildman–Crippen MR) is 96.1 cm³/mol. The molecule has 4 nitrogen and oxygen atoms in total. The molecule has 0 aliphatic carbocycles. The summed E-state index contributed by atoms with van der Waals surface area (Å²) in [4.78, 5) is 11.9. The fraction of sp³-hybridized carbons (Fsp3) is 0.250. The zero-order valence-corrected chi connectivity index (χ0v) is 13.7. The van der Waals surface area contributed by atoms with Crippen LogP contribution in [-0.4, -0.2) is 23.6 Å². The maximum Gasteiger partial charge on any atom is 0.220 e. The monoisotopic (exact) mass is 322 g/mol. The molecule has 0 saturated heterocycles. The summed E-state index contributed by atoms with van der Waals surface area (Å²) in [5.41, 5.74) is 1.20. The van der Waals surface area contributed by atoms with Gasteiger partial charge in [-0.25, -0.2) is 0 Å². The van der Waals surface area contributed by atoms with Gasteiger partial charge in [0, 0.05) is 31.2 Å². The first-order valence-corrected chi connectivity index (χ1v) is 8.31. The number of ether oxygens (including phenoxy) is 1. The highest BCUT2D eigenvalue weighted by atomic mass is 16.5. The molecule has 0 radical (unpaired) electrons. The molecular formula is C20H22N2O2. The number of amides is 1. The van der Waals surface area contributed by atoms with E-state index < -0.39 is 0 Å². The number of carbonyl (C=O) groups excluding carboxylic acids is 1. The smallest absolute Gasteiger partial charge is 0.220 e. The number of hydrogen-bond acceptors (Lipinski definition) is 2. The van der Waals surface area contributed by atoms with Gasteiger partial charge < -0.3 is 14.6 Å². The number of aromatic nitrogens is 1. The Hall–Kier alpha value is -2.75. The van der Waals surface area contributed by atoms with Gasteiger partial charge >= 0.3 is 0 Å². The van der Waals surface area contributed by atoms with Crippen LogP contribution in [-0.2, 0) is 11.3 Å². The number of hydrogen-bond donors (Lipinski definition) is 1. The van der Waals surface area contributed by atoms with Crippen LogP contribution in [0.5, 0.6) is 5.75 Å². The summed E-state index contributed by atoms with van der Waals surface area (Å²) < 4.78 is 7.74. The molecule has 0 fully saturated rings. The Balaban J connectivity index is 1.34. The molecule has 124 valence electrons. The largest absolute Gasteiger partial charge is 0.494 e. The van der Waals surface area contributed by atoms with Crippen molar-refractivity contribution >= 4 is 16.8 Å². The minimum Gasteiger partial charge on any atom is -0.494 e. The molecular weight excluding hydrogens is 300 g/mol. The molecule has 0 saturated carbocycles. The average molecular weight is 322 g/mol. The second kappa shape index (κ2) is 8.20. The summed E-state index contributed by atoms with van der Waals surface area (Å²) in [6, 6.07) is 20.0. The summed E-state index contributed by atoms with van der Waals surface area (Å²) in [5.74, 6) is 0.917. The lowest BCUT2D eigenvalue weighted by Crippen LogP contribution is -2.27. The summed E-state index contributed by atoms with van der Waals surface area (Å²) in [6.07, 6.45) is 3.26. The Labute approximate surface area is 142 Å². The minimum absolute atomic E-state index is 0.0723. The van der Waals surface area contributed by atoms with Crippen LogP contribution < -0.4 is 10.1 Å². The molecule has 3 aromatic rings. The molecule has 3 rings (SSSR count). The number of carbonyl (C=O) groups is 1. The highest BCUT2D eigenvalue weighted by Crippen LogP contribution is 2.14. The number of rotatable bonds is 8. The molecule has 1 heterocycles. The maximum atomic E-state index is 11.9. The first-order valence-electron chi connectivity index (χ1n) is 8.31. The van der Waals surface area contributed by atoms with Gasteiger partial charge in [0.2, 0.25) is 5.91 Å². The van der Waals surface area contributed by atoms with E-state index in [1.807, 2.05) is 42.5 Å². The molecule has 0 spiro atoms. The third-order valence-corrected chi connectivity index (χ3v) is 3.92. The number of benzene rings is 2. The summed E-state index contributed by atoms with van der Waals surface area (Å²) in [6.45, 7) is 1.97. The van der Waals surface area contributed by atoms with Crippen molar-refractivity contribution < 1.29 is 9.53 Å². The third-order valence-electron chi connectivity index (χ3n) is 3.92.